The van der Waals surface area contributed by atoms with Gasteiger partial charge in [-0.2, -0.15) is 0 Å². The SMILES string of the molecule is CC(=O)Nc1nc(C(=O)N(Cc2cccnc2)C2CC2)cs1. The van der Waals surface area contributed by atoms with Crippen LogP contribution in [0.2, 0.25) is 0 Å². The summed E-state index contributed by atoms with van der Waals surface area (Å²) in [7, 11) is 0. The van der Waals surface area contributed by atoms with Gasteiger partial charge in [-0.3, -0.25) is 14.6 Å². The van der Waals surface area contributed by atoms with Crippen LogP contribution < -0.4 is 5.32 Å². The molecule has 0 unspecified atom stereocenters. The van der Waals surface area contributed by atoms with Gasteiger partial charge in [0.15, 0.2) is 5.13 Å². The Bertz CT molecular complexity index is 682. The third-order valence-electron chi connectivity index (χ3n) is 3.33. The predicted octanol–water partition coefficient (Wildman–Crippen LogP) is 2.30. The van der Waals surface area contributed by atoms with Crippen molar-refractivity contribution in [2.24, 2.45) is 0 Å². The van der Waals surface area contributed by atoms with Crippen molar-refractivity contribution in [2.75, 3.05) is 5.32 Å². The molecule has 22 heavy (non-hydrogen) atoms. The van der Waals surface area contributed by atoms with E-state index < -0.39 is 0 Å². The summed E-state index contributed by atoms with van der Waals surface area (Å²) < 4.78 is 0. The zero-order valence-electron chi connectivity index (χ0n) is 12.2. The first-order valence-electron chi connectivity index (χ1n) is 7.06. The van der Waals surface area contributed by atoms with E-state index in [1.165, 1.54) is 18.3 Å². The van der Waals surface area contributed by atoms with Gasteiger partial charge in [0.2, 0.25) is 5.91 Å². The highest BCUT2D eigenvalue weighted by Crippen LogP contribution is 2.30. The van der Waals surface area contributed by atoms with Gasteiger partial charge in [-0.05, 0) is 24.5 Å². The smallest absolute Gasteiger partial charge is 0.273 e. The number of thiazole rings is 1. The number of nitrogens with zero attached hydrogens (tertiary/aromatic N) is 3. The minimum Gasteiger partial charge on any atom is -0.330 e. The fourth-order valence-electron chi connectivity index (χ4n) is 2.17. The highest BCUT2D eigenvalue weighted by Gasteiger charge is 2.34. The quantitative estimate of drug-likeness (QED) is 0.918. The minimum atomic E-state index is -0.192. The Kier molecular flexibility index (Phi) is 4.15. The Labute approximate surface area is 132 Å². The topological polar surface area (TPSA) is 75.2 Å². The molecule has 0 saturated heterocycles. The Morgan fingerprint density at radius 1 is 1.45 bits per heavy atom. The van der Waals surface area contributed by atoms with E-state index in [0.717, 1.165) is 18.4 Å². The Morgan fingerprint density at radius 2 is 2.27 bits per heavy atom. The van der Waals surface area contributed by atoms with Crippen LogP contribution in [0.25, 0.3) is 0 Å². The first-order chi connectivity index (χ1) is 10.6. The van der Waals surface area contributed by atoms with E-state index >= 15 is 0 Å². The number of anilines is 1. The van der Waals surface area contributed by atoms with Crippen LogP contribution in [0, 0.1) is 0 Å². The first-order valence-corrected chi connectivity index (χ1v) is 7.94. The lowest BCUT2D eigenvalue weighted by atomic mass is 10.2. The van der Waals surface area contributed by atoms with Crippen molar-refractivity contribution in [1.82, 2.24) is 14.9 Å². The molecule has 1 aliphatic rings. The van der Waals surface area contributed by atoms with E-state index in [2.05, 4.69) is 15.3 Å². The molecule has 7 heteroatoms. The zero-order valence-corrected chi connectivity index (χ0v) is 13.0. The number of hydrogen-bond acceptors (Lipinski definition) is 5. The van der Waals surface area contributed by atoms with Crippen LogP contribution in [0.5, 0.6) is 0 Å². The number of nitrogens with one attached hydrogen (secondary N) is 1. The standard InChI is InChI=1S/C15H16N4O2S/c1-10(20)17-15-18-13(9-22-15)14(21)19(12-4-5-12)8-11-3-2-6-16-7-11/h2-3,6-7,9,12H,4-5,8H2,1H3,(H,17,18,20). The number of hydrogen-bond donors (Lipinski definition) is 1. The summed E-state index contributed by atoms with van der Waals surface area (Å²) in [5.41, 5.74) is 1.38. The van der Waals surface area contributed by atoms with E-state index in [0.29, 0.717) is 17.4 Å². The van der Waals surface area contributed by atoms with Crippen molar-refractivity contribution >= 4 is 28.3 Å². The van der Waals surface area contributed by atoms with Crippen molar-refractivity contribution in [3.05, 3.63) is 41.2 Å². The van der Waals surface area contributed by atoms with E-state index in [1.807, 2.05) is 17.0 Å². The van der Waals surface area contributed by atoms with E-state index in [-0.39, 0.29) is 17.9 Å². The maximum Gasteiger partial charge on any atom is 0.273 e. The molecular formula is C15H16N4O2S. The molecular weight excluding hydrogens is 300 g/mol. The molecule has 0 aliphatic heterocycles. The lowest BCUT2D eigenvalue weighted by molar-refractivity contribution is -0.114. The summed E-state index contributed by atoms with van der Waals surface area (Å²) in [4.78, 5) is 33.8. The molecule has 0 aromatic carbocycles. The van der Waals surface area contributed by atoms with Crippen molar-refractivity contribution in [2.45, 2.75) is 32.4 Å². The van der Waals surface area contributed by atoms with Crippen LogP contribution in [0.4, 0.5) is 5.13 Å². The van der Waals surface area contributed by atoms with Gasteiger partial charge in [-0.1, -0.05) is 6.07 Å². The second kappa shape index (κ2) is 6.23. The summed E-state index contributed by atoms with van der Waals surface area (Å²) in [5, 5.41) is 4.74. The third-order valence-corrected chi connectivity index (χ3v) is 4.09. The molecule has 2 heterocycles. The second-order valence-corrected chi connectivity index (χ2v) is 6.10. The van der Waals surface area contributed by atoms with Gasteiger partial charge < -0.3 is 10.2 Å². The molecule has 1 N–H and O–H groups in total. The zero-order chi connectivity index (χ0) is 15.5. The summed E-state index contributed by atoms with van der Waals surface area (Å²) in [6, 6.07) is 4.10. The first kappa shape index (κ1) is 14.6. The Morgan fingerprint density at radius 3 is 2.91 bits per heavy atom. The maximum absolute atomic E-state index is 12.7. The normalized spacial score (nSPS) is 13.7. The molecule has 2 aromatic heterocycles. The van der Waals surface area contributed by atoms with Crippen LogP contribution in [0.1, 0.15) is 35.8 Å². The van der Waals surface area contributed by atoms with Crippen LogP contribution in [-0.2, 0) is 11.3 Å². The highest BCUT2D eigenvalue weighted by atomic mass is 32.1. The number of carbonyl (C=O) groups is 2. The Balaban J connectivity index is 1.75. The van der Waals surface area contributed by atoms with E-state index in [9.17, 15) is 9.59 Å². The number of pyridine rings is 1. The lowest BCUT2D eigenvalue weighted by Gasteiger charge is -2.21. The van der Waals surface area contributed by atoms with Gasteiger partial charge in [0, 0.05) is 37.3 Å². The van der Waals surface area contributed by atoms with Gasteiger partial charge in [-0.15, -0.1) is 11.3 Å². The average molecular weight is 316 g/mol. The van der Waals surface area contributed by atoms with Gasteiger partial charge >= 0.3 is 0 Å². The number of aromatic nitrogens is 2. The molecule has 114 valence electrons. The minimum absolute atomic E-state index is 0.0980. The van der Waals surface area contributed by atoms with Crippen molar-refractivity contribution < 1.29 is 9.59 Å². The van der Waals surface area contributed by atoms with Gasteiger partial charge in [0.25, 0.3) is 5.91 Å². The summed E-state index contributed by atoms with van der Waals surface area (Å²) >= 11 is 1.26. The third kappa shape index (κ3) is 3.48. The molecule has 0 atom stereocenters. The Hall–Kier alpha value is -2.28. The molecule has 1 fully saturated rings. The maximum atomic E-state index is 12.7. The van der Waals surface area contributed by atoms with Gasteiger partial charge in [-0.25, -0.2) is 4.98 Å². The van der Waals surface area contributed by atoms with Crippen LogP contribution in [0.3, 0.4) is 0 Å². The van der Waals surface area contributed by atoms with E-state index in [1.54, 1.807) is 17.8 Å². The molecule has 1 saturated carbocycles. The molecule has 2 amide bonds. The summed E-state index contributed by atoms with van der Waals surface area (Å²) in [6.07, 6.45) is 5.53. The van der Waals surface area contributed by atoms with Crippen LogP contribution in [0.15, 0.2) is 29.9 Å². The highest BCUT2D eigenvalue weighted by molar-refractivity contribution is 7.14. The number of carbonyl (C=O) groups excluding carboxylic acids is 2. The molecule has 2 aromatic rings. The predicted molar refractivity (Wildman–Crippen MR) is 83.6 cm³/mol. The molecule has 0 radical (unpaired) electrons. The van der Waals surface area contributed by atoms with Crippen LogP contribution >= 0.6 is 11.3 Å². The average Bonchev–Trinajstić information content (AvgIpc) is 3.24. The number of rotatable bonds is 5. The molecule has 0 bridgehead atoms. The molecule has 0 spiro atoms. The van der Waals surface area contributed by atoms with Crippen molar-refractivity contribution in [3.63, 3.8) is 0 Å². The van der Waals surface area contributed by atoms with E-state index in [4.69, 9.17) is 0 Å². The second-order valence-electron chi connectivity index (χ2n) is 5.24. The summed E-state index contributed by atoms with van der Waals surface area (Å²) in [5.74, 6) is -0.290. The van der Waals surface area contributed by atoms with Crippen molar-refractivity contribution in [3.8, 4) is 0 Å². The summed E-state index contributed by atoms with van der Waals surface area (Å²) in [6.45, 7) is 1.95. The van der Waals surface area contributed by atoms with Crippen molar-refractivity contribution in [1.29, 1.82) is 0 Å². The fraction of sp³-hybridized carbons (Fsp3) is 0.333. The van der Waals surface area contributed by atoms with Gasteiger partial charge in [0.1, 0.15) is 5.69 Å². The van der Waals surface area contributed by atoms with Gasteiger partial charge in [0.05, 0.1) is 0 Å². The van der Waals surface area contributed by atoms with Crippen LogP contribution in [-0.4, -0.2) is 32.7 Å². The monoisotopic (exact) mass is 316 g/mol. The molecule has 3 rings (SSSR count). The lowest BCUT2D eigenvalue weighted by Crippen LogP contribution is -2.32. The fourth-order valence-corrected chi connectivity index (χ4v) is 2.90. The molecule has 6 nitrogen and oxygen atoms in total. The number of amides is 2. The molecule has 1 aliphatic carbocycles. The largest absolute Gasteiger partial charge is 0.330 e.